The SMILES string of the molecule is CCCOc1ccc(NC(=O)[C@H](NC(C)=O)C(C)C)cc1OCCC. The van der Waals surface area contributed by atoms with Crippen LogP contribution in [0.4, 0.5) is 5.69 Å². The van der Waals surface area contributed by atoms with Crippen molar-refractivity contribution in [2.24, 2.45) is 5.92 Å². The lowest BCUT2D eigenvalue weighted by Crippen LogP contribution is -2.46. The summed E-state index contributed by atoms with van der Waals surface area (Å²) in [5, 5.41) is 5.52. The third-order valence-electron chi connectivity index (χ3n) is 3.44. The van der Waals surface area contributed by atoms with Crippen molar-refractivity contribution in [3.63, 3.8) is 0 Å². The Morgan fingerprint density at radius 2 is 1.64 bits per heavy atom. The summed E-state index contributed by atoms with van der Waals surface area (Å²) in [4.78, 5) is 23.8. The number of amides is 2. The first-order chi connectivity index (χ1) is 11.9. The predicted molar refractivity (Wildman–Crippen MR) is 99.1 cm³/mol. The Morgan fingerprint density at radius 1 is 1.04 bits per heavy atom. The molecule has 0 spiro atoms. The highest BCUT2D eigenvalue weighted by molar-refractivity contribution is 5.97. The Bertz CT molecular complexity index is 573. The van der Waals surface area contributed by atoms with Crippen LogP contribution in [-0.4, -0.2) is 31.1 Å². The second-order valence-electron chi connectivity index (χ2n) is 6.27. The van der Waals surface area contributed by atoms with Crippen LogP contribution >= 0.6 is 0 Å². The summed E-state index contributed by atoms with van der Waals surface area (Å²) in [7, 11) is 0. The standard InChI is InChI=1S/C19H30N2O4/c1-6-10-24-16-9-8-15(12-17(16)25-11-7-2)21-19(23)18(13(3)4)20-14(5)22/h8-9,12-13,18H,6-7,10-11H2,1-5H3,(H,20,22)(H,21,23)/t18-/m1/s1. The molecule has 2 amide bonds. The number of ether oxygens (including phenoxy) is 2. The van der Waals surface area contributed by atoms with Crippen LogP contribution in [0.3, 0.4) is 0 Å². The Kier molecular flexibility index (Phi) is 8.81. The molecule has 1 rings (SSSR count). The van der Waals surface area contributed by atoms with E-state index in [4.69, 9.17) is 9.47 Å². The van der Waals surface area contributed by atoms with E-state index in [1.54, 1.807) is 18.2 Å². The molecule has 0 saturated heterocycles. The average molecular weight is 350 g/mol. The number of hydrogen-bond acceptors (Lipinski definition) is 4. The second-order valence-corrected chi connectivity index (χ2v) is 6.27. The quantitative estimate of drug-likeness (QED) is 0.678. The van der Waals surface area contributed by atoms with E-state index in [9.17, 15) is 9.59 Å². The molecule has 0 aliphatic rings. The van der Waals surface area contributed by atoms with Crippen LogP contribution in [0.5, 0.6) is 11.5 Å². The van der Waals surface area contributed by atoms with Gasteiger partial charge in [0.1, 0.15) is 6.04 Å². The van der Waals surface area contributed by atoms with Gasteiger partial charge in [-0.1, -0.05) is 27.7 Å². The number of benzene rings is 1. The van der Waals surface area contributed by atoms with Crippen molar-refractivity contribution in [1.29, 1.82) is 0 Å². The predicted octanol–water partition coefficient (Wildman–Crippen LogP) is 3.36. The van der Waals surface area contributed by atoms with E-state index in [1.807, 2.05) is 27.7 Å². The minimum absolute atomic E-state index is 0.0214. The lowest BCUT2D eigenvalue weighted by Gasteiger charge is -2.21. The van der Waals surface area contributed by atoms with Crippen molar-refractivity contribution >= 4 is 17.5 Å². The van der Waals surface area contributed by atoms with Gasteiger partial charge in [-0.25, -0.2) is 0 Å². The van der Waals surface area contributed by atoms with E-state index in [-0.39, 0.29) is 17.7 Å². The molecule has 0 bridgehead atoms. The van der Waals surface area contributed by atoms with Gasteiger partial charge in [-0.3, -0.25) is 9.59 Å². The molecule has 0 heterocycles. The van der Waals surface area contributed by atoms with Crippen LogP contribution in [0, 0.1) is 5.92 Å². The summed E-state index contributed by atoms with van der Waals surface area (Å²) in [5.41, 5.74) is 0.607. The van der Waals surface area contributed by atoms with Crippen LogP contribution in [0.1, 0.15) is 47.5 Å². The molecule has 0 aliphatic carbocycles. The molecule has 0 saturated carbocycles. The van der Waals surface area contributed by atoms with Crippen LogP contribution in [-0.2, 0) is 9.59 Å². The summed E-state index contributed by atoms with van der Waals surface area (Å²) < 4.78 is 11.4. The fourth-order valence-electron chi connectivity index (χ4n) is 2.22. The Morgan fingerprint density at radius 3 is 2.16 bits per heavy atom. The molecular formula is C19H30N2O4. The molecule has 0 aromatic heterocycles. The second kappa shape index (κ2) is 10.6. The Balaban J connectivity index is 2.92. The van der Waals surface area contributed by atoms with Gasteiger partial charge in [-0.05, 0) is 30.9 Å². The van der Waals surface area contributed by atoms with Crippen molar-refractivity contribution in [1.82, 2.24) is 5.32 Å². The van der Waals surface area contributed by atoms with Crippen molar-refractivity contribution in [3.8, 4) is 11.5 Å². The number of rotatable bonds is 10. The first kappa shape index (κ1) is 20.8. The maximum atomic E-state index is 12.5. The van der Waals surface area contributed by atoms with Gasteiger partial charge in [0.25, 0.3) is 0 Å². The summed E-state index contributed by atoms with van der Waals surface area (Å²) >= 11 is 0. The summed E-state index contributed by atoms with van der Waals surface area (Å²) in [6, 6.07) is 4.73. The summed E-state index contributed by atoms with van der Waals surface area (Å²) in [6.07, 6.45) is 1.78. The van der Waals surface area contributed by atoms with Gasteiger partial charge in [0.2, 0.25) is 11.8 Å². The zero-order chi connectivity index (χ0) is 18.8. The normalized spacial score (nSPS) is 11.8. The van der Waals surface area contributed by atoms with Crippen molar-refractivity contribution in [3.05, 3.63) is 18.2 Å². The summed E-state index contributed by atoms with van der Waals surface area (Å²) in [5.74, 6) is 0.758. The molecule has 6 heteroatoms. The zero-order valence-electron chi connectivity index (χ0n) is 15.8. The molecule has 0 aliphatic heterocycles. The minimum atomic E-state index is -0.589. The molecule has 6 nitrogen and oxygen atoms in total. The smallest absolute Gasteiger partial charge is 0.247 e. The van der Waals surface area contributed by atoms with Crippen molar-refractivity contribution in [2.45, 2.75) is 53.5 Å². The minimum Gasteiger partial charge on any atom is -0.490 e. The molecule has 1 atom stereocenters. The molecule has 140 valence electrons. The molecule has 0 unspecified atom stereocenters. The highest BCUT2D eigenvalue weighted by Crippen LogP contribution is 2.31. The van der Waals surface area contributed by atoms with Crippen molar-refractivity contribution < 1.29 is 19.1 Å². The highest BCUT2D eigenvalue weighted by atomic mass is 16.5. The molecule has 1 aromatic carbocycles. The molecular weight excluding hydrogens is 320 g/mol. The monoisotopic (exact) mass is 350 g/mol. The average Bonchev–Trinajstić information content (AvgIpc) is 2.56. The van der Waals surface area contributed by atoms with Crippen LogP contribution in [0.15, 0.2) is 18.2 Å². The third kappa shape index (κ3) is 7.03. The maximum Gasteiger partial charge on any atom is 0.247 e. The number of carbonyl (C=O) groups excluding carboxylic acids is 2. The first-order valence-corrected chi connectivity index (χ1v) is 8.86. The van der Waals surface area contributed by atoms with E-state index < -0.39 is 6.04 Å². The van der Waals surface area contributed by atoms with Crippen LogP contribution < -0.4 is 20.1 Å². The van der Waals surface area contributed by atoms with Crippen LogP contribution in [0.25, 0.3) is 0 Å². The van der Waals surface area contributed by atoms with Gasteiger partial charge in [0.05, 0.1) is 13.2 Å². The van der Waals surface area contributed by atoms with Gasteiger partial charge in [0.15, 0.2) is 11.5 Å². The Hall–Kier alpha value is -2.24. The van der Waals surface area contributed by atoms with E-state index >= 15 is 0 Å². The number of hydrogen-bond donors (Lipinski definition) is 2. The fraction of sp³-hybridized carbons (Fsp3) is 0.579. The topological polar surface area (TPSA) is 76.7 Å². The van der Waals surface area contributed by atoms with Gasteiger partial charge >= 0.3 is 0 Å². The van der Waals surface area contributed by atoms with Gasteiger partial charge in [-0.15, -0.1) is 0 Å². The van der Waals surface area contributed by atoms with E-state index in [1.165, 1.54) is 6.92 Å². The maximum absolute atomic E-state index is 12.5. The van der Waals surface area contributed by atoms with Gasteiger partial charge in [0, 0.05) is 18.7 Å². The fourth-order valence-corrected chi connectivity index (χ4v) is 2.22. The van der Waals surface area contributed by atoms with Crippen LogP contribution in [0.2, 0.25) is 0 Å². The van der Waals surface area contributed by atoms with E-state index in [2.05, 4.69) is 10.6 Å². The number of carbonyl (C=O) groups is 2. The van der Waals surface area contributed by atoms with Gasteiger partial charge in [-0.2, -0.15) is 0 Å². The zero-order valence-corrected chi connectivity index (χ0v) is 15.8. The number of nitrogens with one attached hydrogen (secondary N) is 2. The largest absolute Gasteiger partial charge is 0.490 e. The number of anilines is 1. The molecule has 0 radical (unpaired) electrons. The molecule has 0 fully saturated rings. The Labute approximate surface area is 150 Å². The highest BCUT2D eigenvalue weighted by Gasteiger charge is 2.23. The first-order valence-electron chi connectivity index (χ1n) is 8.86. The molecule has 1 aromatic rings. The lowest BCUT2D eigenvalue weighted by atomic mass is 10.0. The van der Waals surface area contributed by atoms with E-state index in [0.29, 0.717) is 30.4 Å². The van der Waals surface area contributed by atoms with E-state index in [0.717, 1.165) is 12.8 Å². The summed E-state index contributed by atoms with van der Waals surface area (Å²) in [6.45, 7) is 10.4. The lowest BCUT2D eigenvalue weighted by molar-refractivity contribution is -0.126. The molecule has 2 N–H and O–H groups in total. The van der Waals surface area contributed by atoms with Crippen molar-refractivity contribution in [2.75, 3.05) is 18.5 Å². The molecule has 25 heavy (non-hydrogen) atoms. The van der Waals surface area contributed by atoms with Gasteiger partial charge < -0.3 is 20.1 Å². The third-order valence-corrected chi connectivity index (χ3v) is 3.44.